The Hall–Kier alpha value is -0.610. The summed E-state index contributed by atoms with van der Waals surface area (Å²) in [6, 6.07) is 0. The zero-order valence-electron chi connectivity index (χ0n) is 8.45. The summed E-state index contributed by atoms with van der Waals surface area (Å²) in [5.41, 5.74) is 5.45. The first kappa shape index (κ1) is 9.93. The van der Waals surface area contributed by atoms with Crippen molar-refractivity contribution in [2.45, 2.75) is 25.4 Å². The average molecular weight is 198 g/mol. The molecule has 2 saturated heterocycles. The van der Waals surface area contributed by atoms with Gasteiger partial charge in [0.05, 0.1) is 0 Å². The summed E-state index contributed by atoms with van der Waals surface area (Å²) >= 11 is 0. The third kappa shape index (κ3) is 1.91. The van der Waals surface area contributed by atoms with Crippen LogP contribution in [-0.4, -0.2) is 43.2 Å². The quantitative estimate of drug-likeness (QED) is 0.693. The minimum Gasteiger partial charge on any atom is -0.368 e. The fraction of sp³-hybridized carbons (Fsp3) is 0.900. The number of carbonyl (C=O) groups excluding carboxylic acids is 1. The van der Waals surface area contributed by atoms with E-state index in [0.29, 0.717) is 5.92 Å². The molecule has 0 aromatic carbocycles. The zero-order chi connectivity index (χ0) is 9.97. The number of nitrogens with two attached hydrogens (primary N) is 1. The van der Waals surface area contributed by atoms with E-state index in [0.717, 1.165) is 45.5 Å². The highest BCUT2D eigenvalue weighted by Gasteiger charge is 2.35. The summed E-state index contributed by atoms with van der Waals surface area (Å²) in [5.74, 6) is 0.820. The van der Waals surface area contributed by atoms with E-state index in [1.165, 1.54) is 0 Å². The Morgan fingerprint density at radius 1 is 1.50 bits per heavy atom. The summed E-state index contributed by atoms with van der Waals surface area (Å²) in [6.07, 6.45) is 2.82. The maximum Gasteiger partial charge on any atom is 0.251 e. The molecule has 1 atom stereocenters. The van der Waals surface area contributed by atoms with Crippen LogP contribution < -0.4 is 5.73 Å². The van der Waals surface area contributed by atoms with Gasteiger partial charge in [-0.1, -0.05) is 0 Å². The third-order valence-corrected chi connectivity index (χ3v) is 3.05. The molecule has 0 bridgehead atoms. The average Bonchev–Trinajstić information content (AvgIpc) is 2.62. The first-order valence-electron chi connectivity index (χ1n) is 5.41. The number of hydrogen-bond donors (Lipinski definition) is 1. The van der Waals surface area contributed by atoms with Crippen molar-refractivity contribution in [1.82, 2.24) is 4.90 Å². The molecule has 0 aromatic heterocycles. The first-order valence-corrected chi connectivity index (χ1v) is 5.41. The highest BCUT2D eigenvalue weighted by Crippen LogP contribution is 2.22. The van der Waals surface area contributed by atoms with E-state index in [4.69, 9.17) is 10.5 Å². The zero-order valence-corrected chi connectivity index (χ0v) is 8.45. The largest absolute Gasteiger partial charge is 0.368 e. The van der Waals surface area contributed by atoms with Crippen LogP contribution in [0.2, 0.25) is 0 Å². The molecule has 2 aliphatic rings. The van der Waals surface area contributed by atoms with Crippen LogP contribution in [0, 0.1) is 5.92 Å². The van der Waals surface area contributed by atoms with Crippen LogP contribution in [0.1, 0.15) is 19.3 Å². The van der Waals surface area contributed by atoms with Gasteiger partial charge in [-0.2, -0.15) is 0 Å². The van der Waals surface area contributed by atoms with Crippen molar-refractivity contribution in [3.8, 4) is 0 Å². The predicted molar refractivity (Wildman–Crippen MR) is 52.7 cm³/mol. The molecule has 2 aliphatic heterocycles. The summed E-state index contributed by atoms with van der Waals surface area (Å²) in [6.45, 7) is 3.24. The van der Waals surface area contributed by atoms with E-state index in [9.17, 15) is 4.79 Å². The van der Waals surface area contributed by atoms with Crippen molar-refractivity contribution in [1.29, 1.82) is 0 Å². The second kappa shape index (κ2) is 4.28. The predicted octanol–water partition coefficient (Wildman–Crippen LogP) is -0.0274. The Balaban J connectivity index is 1.73. The number of likely N-dealkylation sites (tertiary alicyclic amines) is 1. The van der Waals surface area contributed by atoms with E-state index in [-0.39, 0.29) is 12.0 Å². The minimum atomic E-state index is -0.145. The fourth-order valence-electron chi connectivity index (χ4n) is 2.14. The molecule has 4 nitrogen and oxygen atoms in total. The van der Waals surface area contributed by atoms with Crippen LogP contribution in [0.15, 0.2) is 0 Å². The van der Waals surface area contributed by atoms with Gasteiger partial charge in [-0.25, -0.2) is 0 Å². The van der Waals surface area contributed by atoms with Gasteiger partial charge in [-0.15, -0.1) is 0 Å². The number of carbonyl (C=O) groups is 1. The van der Waals surface area contributed by atoms with Gasteiger partial charge >= 0.3 is 0 Å². The van der Waals surface area contributed by atoms with Crippen molar-refractivity contribution in [3.05, 3.63) is 0 Å². The summed E-state index contributed by atoms with van der Waals surface area (Å²) < 4.78 is 5.35. The Bertz CT molecular complexity index is 208. The lowest BCUT2D eigenvalue weighted by Crippen LogP contribution is -2.53. The number of rotatable bonds is 3. The normalized spacial score (nSPS) is 27.8. The van der Waals surface area contributed by atoms with E-state index >= 15 is 0 Å². The lowest BCUT2D eigenvalue weighted by atomic mass is 9.95. The maximum atomic E-state index is 11.7. The van der Waals surface area contributed by atoms with Gasteiger partial charge in [0.15, 0.2) is 0 Å². The molecule has 1 amide bonds. The molecule has 0 saturated carbocycles. The van der Waals surface area contributed by atoms with Gasteiger partial charge < -0.3 is 15.4 Å². The monoisotopic (exact) mass is 198 g/mol. The molecule has 1 unspecified atom stereocenters. The highest BCUT2D eigenvalue weighted by molar-refractivity contribution is 5.81. The first-order chi connectivity index (χ1) is 6.81. The standard InChI is InChI=1S/C10H18N2O2/c11-4-3-8-6-12(7-8)10(13)9-2-1-5-14-9/h8-9H,1-7,11H2. The van der Waals surface area contributed by atoms with Crippen LogP contribution in [0.3, 0.4) is 0 Å². The highest BCUT2D eigenvalue weighted by atomic mass is 16.5. The van der Waals surface area contributed by atoms with Crippen LogP contribution in [0.4, 0.5) is 0 Å². The number of hydrogen-bond acceptors (Lipinski definition) is 3. The van der Waals surface area contributed by atoms with Crippen molar-refractivity contribution >= 4 is 5.91 Å². The van der Waals surface area contributed by atoms with E-state index in [1.807, 2.05) is 4.90 Å². The molecule has 2 fully saturated rings. The topological polar surface area (TPSA) is 55.6 Å². The Morgan fingerprint density at radius 3 is 2.86 bits per heavy atom. The lowest BCUT2D eigenvalue weighted by Gasteiger charge is -2.40. The SMILES string of the molecule is NCCC1CN(C(=O)C2CCCO2)C1. The second-order valence-corrected chi connectivity index (χ2v) is 4.19. The van der Waals surface area contributed by atoms with Crippen LogP contribution in [0.25, 0.3) is 0 Å². The van der Waals surface area contributed by atoms with Gasteiger partial charge in [0.25, 0.3) is 5.91 Å². The van der Waals surface area contributed by atoms with Crippen LogP contribution in [-0.2, 0) is 9.53 Å². The molecule has 0 spiro atoms. The molecule has 14 heavy (non-hydrogen) atoms. The van der Waals surface area contributed by atoms with E-state index in [2.05, 4.69) is 0 Å². The van der Waals surface area contributed by atoms with Crippen LogP contribution in [0.5, 0.6) is 0 Å². The lowest BCUT2D eigenvalue weighted by molar-refractivity contribution is -0.147. The number of ether oxygens (including phenoxy) is 1. The Morgan fingerprint density at radius 2 is 2.29 bits per heavy atom. The van der Waals surface area contributed by atoms with Gasteiger partial charge in [0.2, 0.25) is 0 Å². The summed E-state index contributed by atoms with van der Waals surface area (Å²) in [4.78, 5) is 13.6. The molecule has 2 heterocycles. The molecular formula is C10H18N2O2. The fourth-order valence-corrected chi connectivity index (χ4v) is 2.14. The van der Waals surface area contributed by atoms with Crippen molar-refractivity contribution in [2.24, 2.45) is 11.7 Å². The van der Waals surface area contributed by atoms with Crippen molar-refractivity contribution in [2.75, 3.05) is 26.2 Å². The third-order valence-electron chi connectivity index (χ3n) is 3.05. The van der Waals surface area contributed by atoms with Gasteiger partial charge in [-0.05, 0) is 31.7 Å². The van der Waals surface area contributed by atoms with Crippen molar-refractivity contribution < 1.29 is 9.53 Å². The summed E-state index contributed by atoms with van der Waals surface area (Å²) in [7, 11) is 0. The van der Waals surface area contributed by atoms with Gasteiger partial charge in [0.1, 0.15) is 6.10 Å². The van der Waals surface area contributed by atoms with E-state index in [1.54, 1.807) is 0 Å². The Kier molecular flexibility index (Phi) is 3.03. The molecule has 2 rings (SSSR count). The maximum absolute atomic E-state index is 11.7. The molecule has 0 aromatic rings. The molecular weight excluding hydrogens is 180 g/mol. The molecule has 0 radical (unpaired) electrons. The summed E-state index contributed by atoms with van der Waals surface area (Å²) in [5, 5.41) is 0. The van der Waals surface area contributed by atoms with Crippen molar-refractivity contribution in [3.63, 3.8) is 0 Å². The molecule has 2 N–H and O–H groups in total. The number of nitrogens with zero attached hydrogens (tertiary/aromatic N) is 1. The molecule has 80 valence electrons. The Labute approximate surface area is 84.4 Å². The second-order valence-electron chi connectivity index (χ2n) is 4.19. The number of amides is 1. The smallest absolute Gasteiger partial charge is 0.251 e. The molecule has 4 heteroatoms. The van der Waals surface area contributed by atoms with Gasteiger partial charge in [-0.3, -0.25) is 4.79 Å². The minimum absolute atomic E-state index is 0.145. The van der Waals surface area contributed by atoms with Gasteiger partial charge in [0, 0.05) is 19.7 Å². The van der Waals surface area contributed by atoms with Crippen LogP contribution >= 0.6 is 0 Å². The van der Waals surface area contributed by atoms with E-state index < -0.39 is 0 Å². The molecule has 0 aliphatic carbocycles.